The van der Waals surface area contributed by atoms with Gasteiger partial charge in [-0.05, 0) is 39.8 Å². The first-order valence-corrected chi connectivity index (χ1v) is 5.54. The molecule has 4 heteroatoms. The fraction of sp³-hybridized carbons (Fsp3) is 0.385. The minimum Gasteiger partial charge on any atom is -0.462 e. The lowest BCUT2D eigenvalue weighted by Crippen LogP contribution is -2.17. The fourth-order valence-electron chi connectivity index (χ4n) is 1.78. The number of hydrogen-bond donors (Lipinski definition) is 0. The third kappa shape index (κ3) is 2.02. The molecule has 0 spiro atoms. The number of hydrogen-bond acceptors (Lipinski definition) is 3. The molecule has 0 fully saturated rings. The highest BCUT2D eigenvalue weighted by molar-refractivity contribution is 6.04. The minimum absolute atomic E-state index is 0.318. The number of rotatable bonds is 1. The van der Waals surface area contributed by atoms with E-state index < -0.39 is 0 Å². The predicted molar refractivity (Wildman–Crippen MR) is 66.7 cm³/mol. The summed E-state index contributed by atoms with van der Waals surface area (Å²) in [5.41, 5.74) is 3.39. The van der Waals surface area contributed by atoms with Gasteiger partial charge in [0.15, 0.2) is 0 Å². The summed E-state index contributed by atoms with van der Waals surface area (Å²) in [4.78, 5) is 9.60. The summed E-state index contributed by atoms with van der Waals surface area (Å²) in [5.74, 6) is 0. The molecular weight excluding hydrogens is 216 g/mol. The summed E-state index contributed by atoms with van der Waals surface area (Å²) in [7, 11) is 0. The van der Waals surface area contributed by atoms with Gasteiger partial charge in [-0.2, -0.15) is 5.10 Å². The quantitative estimate of drug-likeness (QED) is 0.606. The Labute approximate surface area is 99.8 Å². The number of nitrogens with zero attached hydrogens (tertiary/aromatic N) is 2. The Kier molecular flexibility index (Phi) is 2.65. The van der Waals surface area contributed by atoms with E-state index >= 15 is 0 Å². The summed E-state index contributed by atoms with van der Waals surface area (Å²) in [6, 6.07) is 6.27. The third-order valence-corrected chi connectivity index (χ3v) is 2.49. The molecule has 0 aromatic carbocycles. The molecule has 4 nitrogen and oxygen atoms in total. The van der Waals surface area contributed by atoms with Crippen LogP contribution < -0.4 is 0 Å². The third-order valence-electron chi connectivity index (χ3n) is 2.49. The van der Waals surface area contributed by atoms with Gasteiger partial charge in [0.1, 0.15) is 5.60 Å². The maximum atomic E-state index is 9.60. The average Bonchev–Trinajstić information content (AvgIpc) is 2.74. The average molecular weight is 232 g/mol. The molecule has 4 rings (SSSR count). The second kappa shape index (κ2) is 3.87. The molecule has 0 atom stereocenters. The van der Waals surface area contributed by atoms with Crippen LogP contribution in [0.5, 0.6) is 0 Å². The molecule has 4 aromatic heterocycles. The van der Waals surface area contributed by atoms with Crippen molar-refractivity contribution in [1.29, 1.82) is 0 Å². The van der Waals surface area contributed by atoms with E-state index in [1.165, 1.54) is 16.4 Å². The van der Waals surface area contributed by atoms with Crippen LogP contribution in [-0.2, 0) is 9.53 Å². The van der Waals surface area contributed by atoms with Gasteiger partial charge in [-0.15, -0.1) is 0 Å². The second-order valence-electron chi connectivity index (χ2n) is 4.99. The molecule has 4 bridgehead atoms. The zero-order valence-electron chi connectivity index (χ0n) is 10.5. The van der Waals surface area contributed by atoms with E-state index in [4.69, 9.17) is 0 Å². The zero-order chi connectivity index (χ0) is 12.6. The molecule has 0 unspecified atom stereocenters. The second-order valence-corrected chi connectivity index (χ2v) is 4.99. The normalized spacial score (nSPS) is 11.8. The summed E-state index contributed by atoms with van der Waals surface area (Å²) < 4.78 is 6.54. The maximum Gasteiger partial charge on any atom is 0.293 e. The van der Waals surface area contributed by atoms with E-state index in [1.807, 2.05) is 25.3 Å². The minimum atomic E-state index is -0.318. The van der Waals surface area contributed by atoms with E-state index in [0.29, 0.717) is 6.47 Å². The van der Waals surface area contributed by atoms with Crippen molar-refractivity contribution in [1.82, 2.24) is 9.61 Å². The van der Waals surface area contributed by atoms with E-state index in [1.54, 1.807) is 0 Å². The Hall–Kier alpha value is -1.84. The first-order valence-electron chi connectivity index (χ1n) is 5.54. The van der Waals surface area contributed by atoms with Gasteiger partial charge in [0.25, 0.3) is 6.47 Å². The van der Waals surface area contributed by atoms with Crippen LogP contribution in [0.15, 0.2) is 18.2 Å². The molecular formula is C13H16N2O2. The number of carbonyl (C=O) groups is 1. The van der Waals surface area contributed by atoms with Crippen molar-refractivity contribution in [3.63, 3.8) is 0 Å². The molecule has 0 aliphatic rings. The summed E-state index contributed by atoms with van der Waals surface area (Å²) in [5, 5.41) is 5.65. The lowest BCUT2D eigenvalue weighted by molar-refractivity contribution is -0.138. The standard InChI is InChI=1S/C8H6N2.C5H10O2/c1-5-8-6-3-2-4-7(8)10(6)9-5;1-5(2,3)7-4-6/h2-4H,1H3;4H,1-3H3. The number of carbonyl (C=O) groups excluding carboxylic acids is 1. The maximum absolute atomic E-state index is 9.60. The molecule has 4 aromatic rings. The molecule has 0 saturated heterocycles. The fourth-order valence-corrected chi connectivity index (χ4v) is 1.78. The first-order chi connectivity index (χ1) is 7.94. The van der Waals surface area contributed by atoms with Crippen molar-refractivity contribution in [2.24, 2.45) is 0 Å². The number of aromatic nitrogens is 2. The van der Waals surface area contributed by atoms with Crippen LogP contribution in [0.4, 0.5) is 0 Å². The van der Waals surface area contributed by atoms with Crippen LogP contribution in [-0.4, -0.2) is 21.7 Å². The molecule has 90 valence electrons. The largest absolute Gasteiger partial charge is 0.462 e. The van der Waals surface area contributed by atoms with Gasteiger partial charge >= 0.3 is 0 Å². The van der Waals surface area contributed by atoms with E-state index in [9.17, 15) is 4.79 Å². The molecule has 4 heterocycles. The van der Waals surface area contributed by atoms with E-state index in [0.717, 1.165) is 5.69 Å². The predicted octanol–water partition coefficient (Wildman–Crippen LogP) is 2.63. The van der Waals surface area contributed by atoms with E-state index in [2.05, 4.69) is 35.0 Å². The zero-order valence-corrected chi connectivity index (χ0v) is 10.5. The summed E-state index contributed by atoms with van der Waals surface area (Å²) in [6.07, 6.45) is 0. The van der Waals surface area contributed by atoms with Crippen molar-refractivity contribution in [2.45, 2.75) is 33.3 Å². The smallest absolute Gasteiger partial charge is 0.293 e. The Morgan fingerprint density at radius 2 is 1.88 bits per heavy atom. The van der Waals surface area contributed by atoms with Crippen molar-refractivity contribution < 1.29 is 9.53 Å². The van der Waals surface area contributed by atoms with Crippen LogP contribution in [0.2, 0.25) is 0 Å². The Morgan fingerprint density at radius 1 is 1.29 bits per heavy atom. The highest BCUT2D eigenvalue weighted by Crippen LogP contribution is 2.30. The van der Waals surface area contributed by atoms with Gasteiger partial charge in [0.05, 0.1) is 16.7 Å². The number of fused-ring (bicyclic) bond motifs is 1. The molecule has 0 N–H and O–H groups in total. The Bertz CT molecular complexity index is 577. The van der Waals surface area contributed by atoms with Crippen LogP contribution in [0.1, 0.15) is 26.5 Å². The SMILES string of the molecule is CC(C)(C)OC=O.Cc1nn2c3cccc2c13. The lowest BCUT2D eigenvalue weighted by Gasteiger charge is -2.14. The Morgan fingerprint density at radius 3 is 2.12 bits per heavy atom. The molecule has 17 heavy (non-hydrogen) atoms. The van der Waals surface area contributed by atoms with Crippen molar-refractivity contribution >= 4 is 22.9 Å². The van der Waals surface area contributed by atoms with Crippen molar-refractivity contribution in [3.05, 3.63) is 23.9 Å². The van der Waals surface area contributed by atoms with Gasteiger partial charge in [-0.25, -0.2) is 4.52 Å². The van der Waals surface area contributed by atoms with Gasteiger partial charge in [-0.3, -0.25) is 4.79 Å². The Balaban J connectivity index is 0.000000139. The number of pyridine rings is 1. The topological polar surface area (TPSA) is 43.6 Å². The monoisotopic (exact) mass is 232 g/mol. The highest BCUT2D eigenvalue weighted by Gasteiger charge is 2.15. The molecule has 0 amide bonds. The molecule has 0 radical (unpaired) electrons. The number of aryl methyl sites for hydroxylation is 1. The van der Waals surface area contributed by atoms with Crippen LogP contribution in [0.3, 0.4) is 0 Å². The molecule has 0 aliphatic heterocycles. The van der Waals surface area contributed by atoms with Crippen molar-refractivity contribution in [3.8, 4) is 0 Å². The van der Waals surface area contributed by atoms with Gasteiger partial charge in [0, 0.05) is 5.39 Å². The summed E-state index contributed by atoms with van der Waals surface area (Å²) >= 11 is 0. The van der Waals surface area contributed by atoms with Crippen molar-refractivity contribution in [2.75, 3.05) is 0 Å². The van der Waals surface area contributed by atoms with Crippen LogP contribution in [0, 0.1) is 6.92 Å². The van der Waals surface area contributed by atoms with Crippen LogP contribution in [0.25, 0.3) is 16.4 Å². The summed E-state index contributed by atoms with van der Waals surface area (Å²) in [6.45, 7) is 7.97. The molecule has 0 aliphatic carbocycles. The molecule has 0 saturated carbocycles. The van der Waals surface area contributed by atoms with Crippen LogP contribution >= 0.6 is 0 Å². The first kappa shape index (κ1) is 11.6. The number of ether oxygens (including phenoxy) is 1. The number of benzene rings is 1. The lowest BCUT2D eigenvalue weighted by atomic mass is 10.1. The van der Waals surface area contributed by atoms with E-state index in [-0.39, 0.29) is 5.60 Å². The van der Waals surface area contributed by atoms with Gasteiger partial charge in [-0.1, -0.05) is 6.07 Å². The highest BCUT2D eigenvalue weighted by atomic mass is 16.5. The van der Waals surface area contributed by atoms with Gasteiger partial charge < -0.3 is 4.74 Å². The van der Waals surface area contributed by atoms with Gasteiger partial charge in [0.2, 0.25) is 0 Å².